The standard InChI is InChI=1S/C13H19ClN2O/c1-13(17)6-3-7-16(9-13)8-10-11(14)4-2-5-12(10)15/h2,4-5,17H,3,6-9,15H2,1H3. The summed E-state index contributed by atoms with van der Waals surface area (Å²) in [6.07, 6.45) is 1.87. The van der Waals surface area contributed by atoms with Crippen LogP contribution in [0.25, 0.3) is 0 Å². The smallest absolute Gasteiger partial charge is 0.0746 e. The van der Waals surface area contributed by atoms with Gasteiger partial charge in [0.1, 0.15) is 0 Å². The largest absolute Gasteiger partial charge is 0.398 e. The first-order valence-electron chi connectivity index (χ1n) is 5.95. The van der Waals surface area contributed by atoms with Gasteiger partial charge in [0.05, 0.1) is 5.60 Å². The van der Waals surface area contributed by atoms with E-state index < -0.39 is 5.60 Å². The van der Waals surface area contributed by atoms with E-state index in [0.717, 1.165) is 30.6 Å². The van der Waals surface area contributed by atoms with Crippen LogP contribution in [0.3, 0.4) is 0 Å². The fourth-order valence-corrected chi connectivity index (χ4v) is 2.67. The van der Waals surface area contributed by atoms with E-state index in [1.165, 1.54) is 0 Å². The molecule has 3 N–H and O–H groups in total. The number of hydrogen-bond donors (Lipinski definition) is 2. The van der Waals surface area contributed by atoms with E-state index in [9.17, 15) is 5.11 Å². The monoisotopic (exact) mass is 254 g/mol. The van der Waals surface area contributed by atoms with E-state index in [1.807, 2.05) is 25.1 Å². The lowest BCUT2D eigenvalue weighted by Gasteiger charge is -2.37. The molecular weight excluding hydrogens is 236 g/mol. The van der Waals surface area contributed by atoms with Crippen molar-refractivity contribution in [2.24, 2.45) is 0 Å². The minimum Gasteiger partial charge on any atom is -0.398 e. The predicted molar refractivity (Wildman–Crippen MR) is 71.0 cm³/mol. The van der Waals surface area contributed by atoms with Crippen LogP contribution in [0.5, 0.6) is 0 Å². The molecule has 0 aliphatic carbocycles. The van der Waals surface area contributed by atoms with E-state index in [2.05, 4.69) is 4.90 Å². The summed E-state index contributed by atoms with van der Waals surface area (Å²) >= 11 is 6.15. The molecule has 1 fully saturated rings. The van der Waals surface area contributed by atoms with Crippen molar-refractivity contribution in [2.75, 3.05) is 18.8 Å². The van der Waals surface area contributed by atoms with Crippen molar-refractivity contribution < 1.29 is 5.11 Å². The summed E-state index contributed by atoms with van der Waals surface area (Å²) in [7, 11) is 0. The highest BCUT2D eigenvalue weighted by Gasteiger charge is 2.28. The first-order valence-corrected chi connectivity index (χ1v) is 6.33. The second kappa shape index (κ2) is 4.84. The van der Waals surface area contributed by atoms with Gasteiger partial charge in [0.15, 0.2) is 0 Å². The number of anilines is 1. The van der Waals surface area contributed by atoms with Crippen LogP contribution in [0.15, 0.2) is 18.2 Å². The van der Waals surface area contributed by atoms with Crippen molar-refractivity contribution in [1.82, 2.24) is 4.90 Å². The molecule has 17 heavy (non-hydrogen) atoms. The molecule has 0 amide bonds. The quantitative estimate of drug-likeness (QED) is 0.796. The molecule has 0 aromatic heterocycles. The molecule has 1 unspecified atom stereocenters. The minimum absolute atomic E-state index is 0.589. The Morgan fingerprint density at radius 3 is 2.94 bits per heavy atom. The van der Waals surface area contributed by atoms with Crippen LogP contribution >= 0.6 is 11.6 Å². The molecule has 0 saturated carbocycles. The van der Waals surface area contributed by atoms with E-state index in [1.54, 1.807) is 0 Å². The lowest BCUT2D eigenvalue weighted by atomic mass is 9.95. The molecule has 0 radical (unpaired) electrons. The Morgan fingerprint density at radius 2 is 2.29 bits per heavy atom. The molecule has 1 aromatic carbocycles. The molecule has 1 aliphatic rings. The summed E-state index contributed by atoms with van der Waals surface area (Å²) in [6.45, 7) is 4.26. The molecule has 1 aromatic rings. The van der Waals surface area contributed by atoms with Gasteiger partial charge in [-0.1, -0.05) is 17.7 Å². The number of nitrogen functional groups attached to an aromatic ring is 1. The van der Waals surface area contributed by atoms with Crippen LogP contribution in [0, 0.1) is 0 Å². The summed E-state index contributed by atoms with van der Waals surface area (Å²) in [5, 5.41) is 10.8. The molecule has 0 spiro atoms. The normalized spacial score (nSPS) is 26.1. The first-order chi connectivity index (χ1) is 7.98. The highest BCUT2D eigenvalue weighted by atomic mass is 35.5. The highest BCUT2D eigenvalue weighted by molar-refractivity contribution is 6.31. The molecule has 1 atom stereocenters. The third-order valence-electron chi connectivity index (χ3n) is 3.29. The summed E-state index contributed by atoms with van der Waals surface area (Å²) in [5.74, 6) is 0. The lowest BCUT2D eigenvalue weighted by Crippen LogP contribution is -2.45. The van der Waals surface area contributed by atoms with Gasteiger partial charge in [-0.05, 0) is 38.4 Å². The van der Waals surface area contributed by atoms with E-state index >= 15 is 0 Å². The molecule has 3 nitrogen and oxygen atoms in total. The van der Waals surface area contributed by atoms with Gasteiger partial charge in [-0.25, -0.2) is 0 Å². The predicted octanol–water partition coefficient (Wildman–Crippen LogP) is 2.27. The molecule has 94 valence electrons. The van der Waals surface area contributed by atoms with Gasteiger partial charge >= 0.3 is 0 Å². The Balaban J connectivity index is 2.10. The van der Waals surface area contributed by atoms with Crippen LogP contribution < -0.4 is 5.73 Å². The molecule has 2 rings (SSSR count). The van der Waals surface area contributed by atoms with Crippen molar-refractivity contribution in [2.45, 2.75) is 31.9 Å². The summed E-state index contributed by atoms with van der Waals surface area (Å²) in [4.78, 5) is 2.21. The van der Waals surface area contributed by atoms with Crippen LogP contribution in [0.1, 0.15) is 25.3 Å². The van der Waals surface area contributed by atoms with E-state index in [0.29, 0.717) is 18.1 Å². The summed E-state index contributed by atoms with van der Waals surface area (Å²) < 4.78 is 0. The Labute approximate surface area is 107 Å². The average Bonchev–Trinajstić information content (AvgIpc) is 2.22. The van der Waals surface area contributed by atoms with Crippen LogP contribution in [-0.4, -0.2) is 28.7 Å². The van der Waals surface area contributed by atoms with Gasteiger partial charge in [0.2, 0.25) is 0 Å². The van der Waals surface area contributed by atoms with Crippen molar-refractivity contribution >= 4 is 17.3 Å². The SMILES string of the molecule is CC1(O)CCCN(Cc2c(N)cccc2Cl)C1. The molecule has 4 heteroatoms. The molecule has 0 bridgehead atoms. The summed E-state index contributed by atoms with van der Waals surface area (Å²) in [6, 6.07) is 5.58. The number of nitrogens with two attached hydrogens (primary N) is 1. The fourth-order valence-electron chi connectivity index (χ4n) is 2.42. The average molecular weight is 255 g/mol. The van der Waals surface area contributed by atoms with Gasteiger partial charge < -0.3 is 10.8 Å². The number of β-amino-alcohol motifs (C(OH)–C–C–N with tert-alkyl or cyclic N) is 1. The fraction of sp³-hybridized carbons (Fsp3) is 0.538. The number of halogens is 1. The minimum atomic E-state index is -0.589. The van der Waals surface area contributed by atoms with Crippen molar-refractivity contribution in [3.05, 3.63) is 28.8 Å². The van der Waals surface area contributed by atoms with Crippen LogP contribution in [-0.2, 0) is 6.54 Å². The Hall–Kier alpha value is -0.770. The molecule has 1 saturated heterocycles. The number of piperidine rings is 1. The van der Waals surface area contributed by atoms with Crippen molar-refractivity contribution in [3.63, 3.8) is 0 Å². The zero-order valence-electron chi connectivity index (χ0n) is 10.1. The third kappa shape index (κ3) is 3.12. The maximum absolute atomic E-state index is 10.1. The van der Waals surface area contributed by atoms with E-state index in [4.69, 9.17) is 17.3 Å². The van der Waals surface area contributed by atoms with Gasteiger partial charge in [-0.3, -0.25) is 4.90 Å². The lowest BCUT2D eigenvalue weighted by molar-refractivity contribution is -0.0180. The Morgan fingerprint density at radius 1 is 1.53 bits per heavy atom. The van der Waals surface area contributed by atoms with Gasteiger partial charge in [0.25, 0.3) is 0 Å². The third-order valence-corrected chi connectivity index (χ3v) is 3.64. The maximum Gasteiger partial charge on any atom is 0.0746 e. The van der Waals surface area contributed by atoms with Crippen LogP contribution in [0.2, 0.25) is 5.02 Å². The topological polar surface area (TPSA) is 49.5 Å². The van der Waals surface area contributed by atoms with Gasteiger partial charge in [0, 0.05) is 29.4 Å². The number of likely N-dealkylation sites (tertiary alicyclic amines) is 1. The first kappa shape index (κ1) is 12.7. The second-order valence-electron chi connectivity index (χ2n) is 5.12. The number of nitrogens with zero attached hydrogens (tertiary/aromatic N) is 1. The Bertz CT molecular complexity index is 386. The van der Waals surface area contributed by atoms with E-state index in [-0.39, 0.29) is 0 Å². The number of aliphatic hydroxyl groups is 1. The molecule has 1 aliphatic heterocycles. The zero-order valence-corrected chi connectivity index (χ0v) is 10.9. The zero-order chi connectivity index (χ0) is 12.5. The van der Waals surface area contributed by atoms with Crippen LogP contribution in [0.4, 0.5) is 5.69 Å². The van der Waals surface area contributed by atoms with Crippen molar-refractivity contribution in [1.29, 1.82) is 0 Å². The molecular formula is C13H19ClN2O. The van der Waals surface area contributed by atoms with Crippen molar-refractivity contribution in [3.8, 4) is 0 Å². The Kier molecular flexibility index (Phi) is 3.61. The highest BCUT2D eigenvalue weighted by Crippen LogP contribution is 2.27. The second-order valence-corrected chi connectivity index (χ2v) is 5.53. The summed E-state index contributed by atoms with van der Waals surface area (Å²) in [5.41, 5.74) is 7.03. The van der Waals surface area contributed by atoms with Gasteiger partial charge in [-0.15, -0.1) is 0 Å². The van der Waals surface area contributed by atoms with Gasteiger partial charge in [-0.2, -0.15) is 0 Å². The molecule has 1 heterocycles. The number of rotatable bonds is 2. The number of benzene rings is 1. The maximum atomic E-state index is 10.1. The number of hydrogen-bond acceptors (Lipinski definition) is 3.